The summed E-state index contributed by atoms with van der Waals surface area (Å²) >= 11 is 0. The maximum atomic E-state index is 12.7. The van der Waals surface area contributed by atoms with Crippen molar-refractivity contribution in [3.05, 3.63) is 24.2 Å². The molecule has 0 amide bonds. The molecule has 0 radical (unpaired) electrons. The molecule has 0 atom stereocenters. The maximum absolute atomic E-state index is 12.7. The van der Waals surface area contributed by atoms with Crippen molar-refractivity contribution in [3.63, 3.8) is 0 Å². The Kier molecular flexibility index (Phi) is 4.23. The van der Waals surface area contributed by atoms with E-state index in [1.54, 1.807) is 6.26 Å². The number of furan rings is 1. The lowest BCUT2D eigenvalue weighted by Gasteiger charge is -2.38. The summed E-state index contributed by atoms with van der Waals surface area (Å²) in [7, 11) is 0. The molecule has 1 aromatic heterocycles. The van der Waals surface area contributed by atoms with Gasteiger partial charge in [0.2, 0.25) is 0 Å². The van der Waals surface area contributed by atoms with Gasteiger partial charge in [0.1, 0.15) is 5.76 Å². The fourth-order valence-electron chi connectivity index (χ4n) is 3.30. The van der Waals surface area contributed by atoms with E-state index in [9.17, 15) is 4.79 Å². The molecule has 3 heteroatoms. The highest BCUT2D eigenvalue weighted by Gasteiger charge is 2.44. The van der Waals surface area contributed by atoms with Crippen LogP contribution in [0.2, 0.25) is 0 Å². The van der Waals surface area contributed by atoms with Crippen LogP contribution >= 0.6 is 0 Å². The smallest absolute Gasteiger partial charge is 0.160 e. The van der Waals surface area contributed by atoms with Crippen molar-refractivity contribution in [2.24, 2.45) is 0 Å². The van der Waals surface area contributed by atoms with Gasteiger partial charge in [0.15, 0.2) is 5.78 Å². The monoisotopic (exact) mass is 249 g/mol. The highest BCUT2D eigenvalue weighted by Crippen LogP contribution is 2.36. The van der Waals surface area contributed by atoms with Crippen LogP contribution in [-0.2, 0) is 11.2 Å². The number of hydrogen-bond donors (Lipinski definition) is 0. The zero-order valence-electron chi connectivity index (χ0n) is 11.4. The van der Waals surface area contributed by atoms with E-state index in [1.807, 2.05) is 12.1 Å². The second-order valence-electron chi connectivity index (χ2n) is 5.09. The molecule has 1 aliphatic carbocycles. The molecule has 2 rings (SSSR count). The van der Waals surface area contributed by atoms with Gasteiger partial charge in [0.05, 0.1) is 18.2 Å². The standard InChI is InChI=1S/C15H23NO2/c1-3-16(4-2)15(9-5-6-10-15)14(17)12-13-8-7-11-18-13/h7-8,11H,3-6,9-10,12H2,1-2H3. The van der Waals surface area contributed by atoms with Gasteiger partial charge >= 0.3 is 0 Å². The van der Waals surface area contributed by atoms with Gasteiger partial charge in [-0.1, -0.05) is 26.7 Å². The second-order valence-corrected chi connectivity index (χ2v) is 5.09. The molecule has 1 aliphatic rings. The molecule has 1 saturated carbocycles. The molecule has 1 heterocycles. The van der Waals surface area contributed by atoms with Crippen molar-refractivity contribution in [3.8, 4) is 0 Å². The molecule has 1 aromatic rings. The summed E-state index contributed by atoms with van der Waals surface area (Å²) in [4.78, 5) is 15.0. The fraction of sp³-hybridized carbons (Fsp3) is 0.667. The Morgan fingerprint density at radius 2 is 2.00 bits per heavy atom. The number of hydrogen-bond acceptors (Lipinski definition) is 3. The van der Waals surface area contributed by atoms with Crippen molar-refractivity contribution in [1.29, 1.82) is 0 Å². The van der Waals surface area contributed by atoms with Crippen LogP contribution in [0.15, 0.2) is 22.8 Å². The summed E-state index contributed by atoms with van der Waals surface area (Å²) in [5, 5.41) is 0. The van der Waals surface area contributed by atoms with Crippen LogP contribution in [0, 0.1) is 0 Å². The van der Waals surface area contributed by atoms with Crippen LogP contribution in [-0.4, -0.2) is 29.3 Å². The van der Waals surface area contributed by atoms with Crippen molar-refractivity contribution >= 4 is 5.78 Å². The quantitative estimate of drug-likeness (QED) is 0.777. The molecule has 100 valence electrons. The molecular weight excluding hydrogens is 226 g/mol. The SMILES string of the molecule is CCN(CC)C1(C(=O)Cc2ccco2)CCCC1. The van der Waals surface area contributed by atoms with Gasteiger partial charge in [-0.2, -0.15) is 0 Å². The minimum atomic E-state index is -0.226. The fourth-order valence-corrected chi connectivity index (χ4v) is 3.30. The van der Waals surface area contributed by atoms with E-state index in [2.05, 4.69) is 18.7 Å². The Morgan fingerprint density at radius 1 is 1.33 bits per heavy atom. The van der Waals surface area contributed by atoms with E-state index in [0.29, 0.717) is 12.2 Å². The molecule has 0 unspecified atom stereocenters. The molecule has 0 saturated heterocycles. The molecule has 1 fully saturated rings. The van der Waals surface area contributed by atoms with Gasteiger partial charge in [0.25, 0.3) is 0 Å². The van der Waals surface area contributed by atoms with Crippen LogP contribution in [0.3, 0.4) is 0 Å². The first kappa shape index (κ1) is 13.3. The number of likely N-dealkylation sites (N-methyl/N-ethyl adjacent to an activating group) is 1. The summed E-state index contributed by atoms with van der Waals surface area (Å²) in [6.45, 7) is 6.17. The summed E-state index contributed by atoms with van der Waals surface area (Å²) in [6.07, 6.45) is 6.42. The predicted octanol–water partition coefficient (Wildman–Crippen LogP) is 3.05. The molecule has 0 N–H and O–H groups in total. The molecule has 0 spiro atoms. The largest absolute Gasteiger partial charge is 0.469 e. The molecule has 0 bridgehead atoms. The zero-order valence-corrected chi connectivity index (χ0v) is 11.4. The zero-order chi connectivity index (χ0) is 13.0. The number of carbonyl (C=O) groups is 1. The number of carbonyl (C=O) groups excluding carboxylic acids is 1. The first-order valence-corrected chi connectivity index (χ1v) is 7.03. The molecule has 0 aromatic carbocycles. The Bertz CT molecular complexity index is 373. The van der Waals surface area contributed by atoms with Crippen molar-refractivity contribution in [2.45, 2.75) is 51.5 Å². The minimum absolute atomic E-state index is 0.226. The van der Waals surface area contributed by atoms with Gasteiger partial charge in [-0.3, -0.25) is 9.69 Å². The third-order valence-corrected chi connectivity index (χ3v) is 4.23. The number of ketones is 1. The normalized spacial score (nSPS) is 18.4. The lowest BCUT2D eigenvalue weighted by Crippen LogP contribution is -2.53. The van der Waals surface area contributed by atoms with E-state index < -0.39 is 0 Å². The van der Waals surface area contributed by atoms with E-state index in [4.69, 9.17) is 4.42 Å². The van der Waals surface area contributed by atoms with Crippen LogP contribution in [0.25, 0.3) is 0 Å². The highest BCUT2D eigenvalue weighted by atomic mass is 16.3. The van der Waals surface area contributed by atoms with E-state index in [1.165, 1.54) is 12.8 Å². The van der Waals surface area contributed by atoms with Crippen LogP contribution < -0.4 is 0 Å². The van der Waals surface area contributed by atoms with Gasteiger partial charge in [-0.15, -0.1) is 0 Å². The average Bonchev–Trinajstić information content (AvgIpc) is 3.02. The molecule has 0 aliphatic heterocycles. The number of nitrogens with zero attached hydrogens (tertiary/aromatic N) is 1. The highest BCUT2D eigenvalue weighted by molar-refractivity contribution is 5.90. The van der Waals surface area contributed by atoms with E-state index >= 15 is 0 Å². The topological polar surface area (TPSA) is 33.5 Å². The average molecular weight is 249 g/mol. The number of rotatable bonds is 6. The first-order chi connectivity index (χ1) is 8.73. The van der Waals surface area contributed by atoms with Crippen molar-refractivity contribution in [2.75, 3.05) is 13.1 Å². The lowest BCUT2D eigenvalue weighted by molar-refractivity contribution is -0.130. The molecular formula is C15H23NO2. The van der Waals surface area contributed by atoms with Gasteiger partial charge in [-0.25, -0.2) is 0 Å². The predicted molar refractivity (Wildman–Crippen MR) is 71.5 cm³/mol. The summed E-state index contributed by atoms with van der Waals surface area (Å²) in [6, 6.07) is 3.74. The Labute approximate surface area is 109 Å². The maximum Gasteiger partial charge on any atom is 0.160 e. The molecule has 3 nitrogen and oxygen atoms in total. The Balaban J connectivity index is 2.16. The van der Waals surface area contributed by atoms with Crippen molar-refractivity contribution in [1.82, 2.24) is 4.90 Å². The van der Waals surface area contributed by atoms with Gasteiger partial charge in [0, 0.05) is 0 Å². The lowest BCUT2D eigenvalue weighted by atomic mass is 9.87. The van der Waals surface area contributed by atoms with Gasteiger partial charge in [-0.05, 0) is 38.1 Å². The Hall–Kier alpha value is -1.09. The van der Waals surface area contributed by atoms with E-state index in [0.717, 1.165) is 31.7 Å². The van der Waals surface area contributed by atoms with Crippen molar-refractivity contribution < 1.29 is 9.21 Å². The minimum Gasteiger partial charge on any atom is -0.469 e. The van der Waals surface area contributed by atoms with Crippen LogP contribution in [0.4, 0.5) is 0 Å². The van der Waals surface area contributed by atoms with E-state index in [-0.39, 0.29) is 5.54 Å². The Morgan fingerprint density at radius 3 is 2.50 bits per heavy atom. The van der Waals surface area contributed by atoms with Crippen LogP contribution in [0.5, 0.6) is 0 Å². The van der Waals surface area contributed by atoms with Crippen LogP contribution in [0.1, 0.15) is 45.3 Å². The number of Topliss-reactive ketones (excluding diaryl/α,β-unsaturated/α-hetero) is 1. The third kappa shape index (κ3) is 2.37. The third-order valence-electron chi connectivity index (χ3n) is 4.23. The van der Waals surface area contributed by atoms with Gasteiger partial charge < -0.3 is 4.42 Å². The first-order valence-electron chi connectivity index (χ1n) is 7.03. The summed E-state index contributed by atoms with van der Waals surface area (Å²) in [5.74, 6) is 1.12. The second kappa shape index (κ2) is 5.70. The summed E-state index contributed by atoms with van der Waals surface area (Å²) in [5.41, 5.74) is -0.226. The summed E-state index contributed by atoms with van der Waals surface area (Å²) < 4.78 is 5.32. The molecule has 18 heavy (non-hydrogen) atoms.